The Morgan fingerprint density at radius 1 is 1.05 bits per heavy atom. The van der Waals surface area contributed by atoms with E-state index in [0.29, 0.717) is 0 Å². The van der Waals surface area contributed by atoms with E-state index < -0.39 is 0 Å². The van der Waals surface area contributed by atoms with Gasteiger partial charge in [-0.15, -0.1) is 0 Å². The van der Waals surface area contributed by atoms with Crippen LogP contribution < -0.4 is 5.32 Å². The number of nitrogens with one attached hydrogen (secondary N) is 1. The van der Waals surface area contributed by atoms with Crippen molar-refractivity contribution in [1.29, 1.82) is 0 Å². The van der Waals surface area contributed by atoms with Crippen molar-refractivity contribution in [2.45, 2.75) is 56.9 Å². The lowest BCUT2D eigenvalue weighted by molar-refractivity contribution is 0.283. The summed E-state index contributed by atoms with van der Waals surface area (Å²) in [6.45, 7) is 1.22. The lowest BCUT2D eigenvalue weighted by atomic mass is 9.76. The summed E-state index contributed by atoms with van der Waals surface area (Å²) in [6, 6.07) is 9.14. The summed E-state index contributed by atoms with van der Waals surface area (Å²) >= 11 is 5.92. The minimum absolute atomic E-state index is 0.751. The molecule has 3 rings (SSSR count). The molecule has 0 spiro atoms. The second-order valence-electron chi connectivity index (χ2n) is 6.31. The molecular weight excluding hydrogens is 254 g/mol. The lowest BCUT2D eigenvalue weighted by Gasteiger charge is -2.36. The summed E-state index contributed by atoms with van der Waals surface area (Å²) in [5.41, 5.74) is 1.46. The molecule has 2 saturated carbocycles. The third-order valence-corrected chi connectivity index (χ3v) is 5.19. The van der Waals surface area contributed by atoms with Crippen molar-refractivity contribution in [3.63, 3.8) is 0 Å². The zero-order valence-electron chi connectivity index (χ0n) is 11.6. The van der Waals surface area contributed by atoms with Crippen LogP contribution in [0, 0.1) is 5.92 Å². The van der Waals surface area contributed by atoms with Crippen molar-refractivity contribution in [2.75, 3.05) is 6.54 Å². The van der Waals surface area contributed by atoms with E-state index in [9.17, 15) is 0 Å². The first-order valence-electron chi connectivity index (χ1n) is 7.80. The Labute approximate surface area is 121 Å². The molecule has 0 radical (unpaired) electrons. The van der Waals surface area contributed by atoms with Gasteiger partial charge in [0.05, 0.1) is 0 Å². The van der Waals surface area contributed by atoms with E-state index in [1.54, 1.807) is 0 Å². The number of halogens is 1. The fourth-order valence-corrected chi connectivity index (χ4v) is 3.71. The number of rotatable bonds is 5. The summed E-state index contributed by atoms with van der Waals surface area (Å²) in [6.07, 6.45) is 9.86. The average molecular weight is 278 g/mol. The van der Waals surface area contributed by atoms with Gasteiger partial charge in [-0.1, -0.05) is 49.4 Å². The molecule has 0 amide bonds. The maximum Gasteiger partial charge on any atom is 0.0406 e. The molecule has 2 heteroatoms. The summed E-state index contributed by atoms with van der Waals surface area (Å²) in [7, 11) is 0. The van der Waals surface area contributed by atoms with Crippen LogP contribution in [0.1, 0.15) is 56.4 Å². The molecule has 0 atom stereocenters. The fourth-order valence-electron chi connectivity index (χ4n) is 3.58. The van der Waals surface area contributed by atoms with Crippen LogP contribution >= 0.6 is 11.6 Å². The molecule has 1 aromatic carbocycles. The molecule has 0 saturated heterocycles. The van der Waals surface area contributed by atoms with Crippen molar-refractivity contribution in [3.05, 3.63) is 34.9 Å². The number of hydrogen-bond donors (Lipinski definition) is 1. The number of hydrogen-bond acceptors (Lipinski definition) is 1. The van der Waals surface area contributed by atoms with E-state index >= 15 is 0 Å². The van der Waals surface area contributed by atoms with Crippen LogP contribution in [-0.4, -0.2) is 12.6 Å². The number of benzene rings is 1. The highest BCUT2D eigenvalue weighted by Gasteiger charge is 2.29. The summed E-state index contributed by atoms with van der Waals surface area (Å²) in [4.78, 5) is 0. The molecule has 0 unspecified atom stereocenters. The quantitative estimate of drug-likeness (QED) is 0.818. The smallest absolute Gasteiger partial charge is 0.0406 e. The van der Waals surface area contributed by atoms with E-state index in [1.807, 2.05) is 12.1 Å². The second kappa shape index (κ2) is 6.28. The first kappa shape index (κ1) is 13.5. The molecule has 1 aromatic rings. The van der Waals surface area contributed by atoms with Crippen LogP contribution in [-0.2, 0) is 0 Å². The van der Waals surface area contributed by atoms with Gasteiger partial charge < -0.3 is 5.32 Å². The maximum atomic E-state index is 5.92. The van der Waals surface area contributed by atoms with Crippen LogP contribution in [0.25, 0.3) is 0 Å². The normalized spacial score (nSPS) is 27.4. The summed E-state index contributed by atoms with van der Waals surface area (Å²) < 4.78 is 0. The minimum atomic E-state index is 0.751. The van der Waals surface area contributed by atoms with E-state index in [4.69, 9.17) is 11.6 Å². The highest BCUT2D eigenvalue weighted by Crippen LogP contribution is 2.37. The van der Waals surface area contributed by atoms with Crippen molar-refractivity contribution in [2.24, 2.45) is 5.92 Å². The van der Waals surface area contributed by atoms with Crippen LogP contribution in [0.15, 0.2) is 24.3 Å². The fraction of sp³-hybridized carbons (Fsp3) is 0.647. The highest BCUT2D eigenvalue weighted by molar-refractivity contribution is 6.30. The molecule has 104 valence electrons. The maximum absolute atomic E-state index is 5.92. The molecule has 2 aliphatic carbocycles. The lowest BCUT2D eigenvalue weighted by Crippen LogP contribution is -2.40. The van der Waals surface area contributed by atoms with Gasteiger partial charge >= 0.3 is 0 Å². The first-order chi connectivity index (χ1) is 9.31. The van der Waals surface area contributed by atoms with E-state index in [2.05, 4.69) is 17.4 Å². The second-order valence-corrected chi connectivity index (χ2v) is 6.75. The van der Waals surface area contributed by atoms with Gasteiger partial charge in [0.1, 0.15) is 0 Å². The Hall–Kier alpha value is -0.530. The van der Waals surface area contributed by atoms with Gasteiger partial charge in [0.25, 0.3) is 0 Å². The third-order valence-electron chi connectivity index (χ3n) is 4.94. The molecule has 2 aliphatic rings. The summed E-state index contributed by atoms with van der Waals surface area (Å²) in [5, 5.41) is 4.57. The van der Waals surface area contributed by atoms with Gasteiger partial charge in [-0.3, -0.25) is 0 Å². The molecule has 19 heavy (non-hydrogen) atoms. The van der Waals surface area contributed by atoms with E-state index in [0.717, 1.165) is 22.9 Å². The first-order valence-corrected chi connectivity index (χ1v) is 8.18. The Bertz CT molecular complexity index is 388. The van der Waals surface area contributed by atoms with Crippen LogP contribution in [0.5, 0.6) is 0 Å². The zero-order chi connectivity index (χ0) is 13.1. The highest BCUT2D eigenvalue weighted by atomic mass is 35.5. The van der Waals surface area contributed by atoms with Gasteiger partial charge in [-0.2, -0.15) is 0 Å². The Balaban J connectivity index is 1.34. The van der Waals surface area contributed by atoms with Gasteiger partial charge in [0.2, 0.25) is 0 Å². The Morgan fingerprint density at radius 2 is 1.74 bits per heavy atom. The van der Waals surface area contributed by atoms with Crippen LogP contribution in [0.3, 0.4) is 0 Å². The predicted molar refractivity (Wildman–Crippen MR) is 81.8 cm³/mol. The standard InChI is InChI=1S/C17H24ClN/c18-16-7-5-14(6-8-16)15-11-17(12-15)19-10-9-13-3-1-2-4-13/h5-8,13,15,17,19H,1-4,9-12H2. The monoisotopic (exact) mass is 277 g/mol. The van der Waals surface area contributed by atoms with Crippen molar-refractivity contribution >= 4 is 11.6 Å². The molecular formula is C17H24ClN. The predicted octanol–water partition coefficient (Wildman–Crippen LogP) is 4.76. The van der Waals surface area contributed by atoms with Crippen molar-refractivity contribution in [3.8, 4) is 0 Å². The van der Waals surface area contributed by atoms with Crippen LogP contribution in [0.4, 0.5) is 0 Å². The third kappa shape index (κ3) is 3.52. The Morgan fingerprint density at radius 3 is 2.42 bits per heavy atom. The SMILES string of the molecule is Clc1ccc(C2CC(NCCC3CCCC3)C2)cc1. The van der Waals surface area contributed by atoms with Gasteiger partial charge in [-0.05, 0) is 55.3 Å². The van der Waals surface area contributed by atoms with Gasteiger partial charge in [-0.25, -0.2) is 0 Å². The molecule has 1 nitrogen and oxygen atoms in total. The largest absolute Gasteiger partial charge is 0.314 e. The molecule has 1 N–H and O–H groups in total. The molecule has 0 aliphatic heterocycles. The molecule has 0 bridgehead atoms. The van der Waals surface area contributed by atoms with E-state index in [1.165, 1.54) is 57.1 Å². The molecule has 0 aromatic heterocycles. The van der Waals surface area contributed by atoms with E-state index in [-0.39, 0.29) is 0 Å². The topological polar surface area (TPSA) is 12.0 Å². The Kier molecular flexibility index (Phi) is 4.45. The van der Waals surface area contributed by atoms with Crippen LogP contribution in [0.2, 0.25) is 5.02 Å². The van der Waals surface area contributed by atoms with Crippen molar-refractivity contribution < 1.29 is 0 Å². The average Bonchev–Trinajstić information content (AvgIpc) is 2.87. The van der Waals surface area contributed by atoms with Gasteiger partial charge in [0.15, 0.2) is 0 Å². The van der Waals surface area contributed by atoms with Crippen molar-refractivity contribution in [1.82, 2.24) is 5.32 Å². The van der Waals surface area contributed by atoms with Gasteiger partial charge in [0, 0.05) is 11.1 Å². The summed E-state index contributed by atoms with van der Waals surface area (Å²) in [5.74, 6) is 1.76. The zero-order valence-corrected chi connectivity index (χ0v) is 12.3. The minimum Gasteiger partial charge on any atom is -0.314 e. The molecule has 0 heterocycles. The molecule has 2 fully saturated rings.